The van der Waals surface area contributed by atoms with Crippen LogP contribution in [0.3, 0.4) is 0 Å². The average molecular weight is 234 g/mol. The zero-order valence-electron chi connectivity index (χ0n) is 7.37. The van der Waals surface area contributed by atoms with E-state index in [1.165, 1.54) is 0 Å². The van der Waals surface area contributed by atoms with Crippen molar-refractivity contribution in [1.29, 1.82) is 0 Å². The van der Waals surface area contributed by atoms with Gasteiger partial charge in [0.15, 0.2) is 0 Å². The Morgan fingerprint density at radius 2 is 2.14 bits per heavy atom. The van der Waals surface area contributed by atoms with Crippen molar-refractivity contribution in [2.45, 2.75) is 0 Å². The molecule has 0 aliphatic carbocycles. The second-order valence-corrected chi connectivity index (χ2v) is 2.97. The molecule has 0 bridgehead atoms. The van der Waals surface area contributed by atoms with Crippen LogP contribution in [0.1, 0.15) is 0 Å². The van der Waals surface area contributed by atoms with E-state index in [1.54, 1.807) is 19.2 Å². The van der Waals surface area contributed by atoms with E-state index in [9.17, 15) is 0 Å². The first-order chi connectivity index (χ1) is 6.29. The first kappa shape index (κ1) is 10.9. The highest BCUT2D eigenvalue weighted by Crippen LogP contribution is 2.29. The third-order valence-corrected chi connectivity index (χ3v) is 1.91. The molecule has 0 unspecified atom stereocenters. The number of nitrogens with one attached hydrogen (secondary N) is 2. The fourth-order valence-corrected chi connectivity index (χ4v) is 1.23. The third kappa shape index (κ3) is 2.02. The molecule has 0 amide bonds. The summed E-state index contributed by atoms with van der Waals surface area (Å²) in [5.74, 6) is 0. The second kappa shape index (κ2) is 4.39. The van der Waals surface area contributed by atoms with E-state index >= 15 is 0 Å². The van der Waals surface area contributed by atoms with Gasteiger partial charge in [0.05, 0.1) is 18.5 Å². The SMILES string of the molecule is COC1=Nc2ccc(Cl)cc2NN1.Cl. The zero-order valence-corrected chi connectivity index (χ0v) is 8.95. The molecule has 0 aromatic heterocycles. The van der Waals surface area contributed by atoms with Gasteiger partial charge in [-0.05, 0) is 18.2 Å². The van der Waals surface area contributed by atoms with E-state index < -0.39 is 0 Å². The van der Waals surface area contributed by atoms with E-state index in [0.29, 0.717) is 11.0 Å². The number of halogens is 2. The fraction of sp³-hybridized carbons (Fsp3) is 0.125. The van der Waals surface area contributed by atoms with Crippen LogP contribution in [0.4, 0.5) is 11.4 Å². The van der Waals surface area contributed by atoms with Crippen LogP contribution in [0.2, 0.25) is 5.02 Å². The summed E-state index contributed by atoms with van der Waals surface area (Å²) >= 11 is 5.80. The van der Waals surface area contributed by atoms with Crippen molar-refractivity contribution in [2.24, 2.45) is 4.99 Å². The molecule has 14 heavy (non-hydrogen) atoms. The maximum Gasteiger partial charge on any atom is 0.308 e. The van der Waals surface area contributed by atoms with Crippen LogP contribution in [0, 0.1) is 0 Å². The Hall–Kier alpha value is -1.13. The molecule has 0 saturated carbocycles. The maximum atomic E-state index is 5.80. The molecule has 2 N–H and O–H groups in total. The van der Waals surface area contributed by atoms with Gasteiger partial charge in [-0.25, -0.2) is 0 Å². The van der Waals surface area contributed by atoms with Crippen molar-refractivity contribution in [3.05, 3.63) is 23.2 Å². The third-order valence-electron chi connectivity index (χ3n) is 1.68. The molecule has 2 rings (SSSR count). The van der Waals surface area contributed by atoms with E-state index in [0.717, 1.165) is 11.4 Å². The summed E-state index contributed by atoms with van der Waals surface area (Å²) in [5, 5.41) is 0.670. The predicted molar refractivity (Wildman–Crippen MR) is 59.6 cm³/mol. The van der Waals surface area contributed by atoms with Crippen molar-refractivity contribution in [2.75, 3.05) is 12.5 Å². The molecule has 0 atom stereocenters. The number of aliphatic imine (C=N–C) groups is 1. The molecule has 4 nitrogen and oxygen atoms in total. The highest BCUT2D eigenvalue weighted by Gasteiger charge is 2.10. The molecule has 1 aliphatic rings. The topological polar surface area (TPSA) is 45.6 Å². The highest BCUT2D eigenvalue weighted by atomic mass is 35.5. The minimum atomic E-state index is 0. The molecule has 1 aromatic rings. The van der Waals surface area contributed by atoms with Gasteiger partial charge in [-0.1, -0.05) is 11.6 Å². The van der Waals surface area contributed by atoms with E-state index in [4.69, 9.17) is 16.3 Å². The Bertz CT molecular complexity index is 368. The number of fused-ring (bicyclic) bond motifs is 1. The van der Waals surface area contributed by atoms with Crippen molar-refractivity contribution < 1.29 is 4.74 Å². The number of amidine groups is 1. The smallest absolute Gasteiger partial charge is 0.308 e. The number of nitrogens with zero attached hydrogens (tertiary/aromatic N) is 1. The second-order valence-electron chi connectivity index (χ2n) is 2.53. The number of anilines is 1. The Balaban J connectivity index is 0.000000980. The summed E-state index contributed by atoms with van der Waals surface area (Å²) in [4.78, 5) is 4.17. The number of hydrazine groups is 1. The largest absolute Gasteiger partial charge is 0.467 e. The lowest BCUT2D eigenvalue weighted by molar-refractivity contribution is 0.384. The monoisotopic (exact) mass is 233 g/mol. The number of hydrogen-bond donors (Lipinski definition) is 2. The molecule has 0 spiro atoms. The van der Waals surface area contributed by atoms with Crippen LogP contribution >= 0.6 is 24.0 Å². The number of ether oxygens (including phenoxy) is 1. The van der Waals surface area contributed by atoms with Gasteiger partial charge in [-0.2, -0.15) is 4.99 Å². The molecule has 0 fully saturated rings. The lowest BCUT2D eigenvalue weighted by Gasteiger charge is -2.17. The first-order valence-electron chi connectivity index (χ1n) is 3.74. The highest BCUT2D eigenvalue weighted by molar-refractivity contribution is 6.31. The lowest BCUT2D eigenvalue weighted by Crippen LogP contribution is -2.32. The fourth-order valence-electron chi connectivity index (χ4n) is 1.06. The van der Waals surface area contributed by atoms with Gasteiger partial charge in [-0.3, -0.25) is 10.9 Å². The van der Waals surface area contributed by atoms with Crippen LogP contribution in [0.15, 0.2) is 23.2 Å². The Kier molecular flexibility index (Phi) is 3.43. The summed E-state index contributed by atoms with van der Waals surface area (Å²) in [6.07, 6.45) is 0. The Labute approximate surface area is 92.7 Å². The standard InChI is InChI=1S/C8H8ClN3O.ClH/c1-13-8-10-6-3-2-5(9)4-7(6)11-12-8;/h2-4,11H,1H3,(H,10,12);1H. The van der Waals surface area contributed by atoms with Crippen molar-refractivity contribution >= 4 is 41.4 Å². The minimum absolute atomic E-state index is 0. The zero-order chi connectivity index (χ0) is 9.26. The van der Waals surface area contributed by atoms with Crippen LogP contribution in [-0.2, 0) is 4.74 Å². The minimum Gasteiger partial charge on any atom is -0.467 e. The first-order valence-corrected chi connectivity index (χ1v) is 4.11. The molecule has 1 heterocycles. The number of hydrogen-bond acceptors (Lipinski definition) is 4. The van der Waals surface area contributed by atoms with Crippen LogP contribution < -0.4 is 10.9 Å². The Morgan fingerprint density at radius 3 is 2.86 bits per heavy atom. The van der Waals surface area contributed by atoms with Crippen molar-refractivity contribution in [1.82, 2.24) is 5.43 Å². The van der Waals surface area contributed by atoms with E-state index in [-0.39, 0.29) is 12.4 Å². The van der Waals surface area contributed by atoms with Gasteiger partial charge in [-0.15, -0.1) is 12.4 Å². The molecule has 1 aliphatic heterocycles. The Morgan fingerprint density at radius 1 is 1.36 bits per heavy atom. The number of rotatable bonds is 0. The molecular formula is C8H9Cl2N3O. The summed E-state index contributed by atoms with van der Waals surface area (Å²) < 4.78 is 4.92. The van der Waals surface area contributed by atoms with Crippen molar-refractivity contribution in [3.63, 3.8) is 0 Å². The van der Waals surface area contributed by atoms with Gasteiger partial charge in [0.25, 0.3) is 0 Å². The maximum absolute atomic E-state index is 5.80. The average Bonchev–Trinajstić information content (AvgIpc) is 2.17. The summed E-state index contributed by atoms with van der Waals surface area (Å²) in [7, 11) is 1.55. The summed E-state index contributed by atoms with van der Waals surface area (Å²) in [6, 6.07) is 5.84. The quantitative estimate of drug-likeness (QED) is 0.724. The molecule has 76 valence electrons. The van der Waals surface area contributed by atoms with Crippen LogP contribution in [0.5, 0.6) is 0 Å². The van der Waals surface area contributed by atoms with Crippen molar-refractivity contribution in [3.8, 4) is 0 Å². The van der Waals surface area contributed by atoms with Gasteiger partial charge >= 0.3 is 6.02 Å². The van der Waals surface area contributed by atoms with Gasteiger partial charge < -0.3 is 4.74 Å². The number of benzene rings is 1. The van der Waals surface area contributed by atoms with Gasteiger partial charge in [0.1, 0.15) is 0 Å². The molecule has 1 aromatic carbocycles. The van der Waals surface area contributed by atoms with Gasteiger partial charge in [0, 0.05) is 5.02 Å². The number of methoxy groups -OCH3 is 1. The van der Waals surface area contributed by atoms with Crippen LogP contribution in [-0.4, -0.2) is 13.1 Å². The van der Waals surface area contributed by atoms with Crippen LogP contribution in [0.25, 0.3) is 0 Å². The molecule has 6 heteroatoms. The van der Waals surface area contributed by atoms with E-state index in [2.05, 4.69) is 15.8 Å². The summed E-state index contributed by atoms with van der Waals surface area (Å²) in [6.45, 7) is 0. The van der Waals surface area contributed by atoms with E-state index in [1.807, 2.05) is 6.07 Å². The molecule has 0 radical (unpaired) electrons. The van der Waals surface area contributed by atoms with Gasteiger partial charge in [0.2, 0.25) is 0 Å². The molecular weight excluding hydrogens is 225 g/mol. The summed E-state index contributed by atoms with van der Waals surface area (Å²) in [5.41, 5.74) is 7.33. The molecule has 0 saturated heterocycles. The normalized spacial score (nSPS) is 12.6. The predicted octanol–water partition coefficient (Wildman–Crippen LogP) is 2.33. The lowest BCUT2D eigenvalue weighted by atomic mass is 10.2.